The molecule has 4 aromatic carbocycles. The summed E-state index contributed by atoms with van der Waals surface area (Å²) in [5.74, 6) is -2.39. The van der Waals surface area contributed by atoms with Crippen molar-refractivity contribution in [1.29, 1.82) is 0 Å². The maximum atomic E-state index is 14.9. The van der Waals surface area contributed by atoms with Gasteiger partial charge in [0.15, 0.2) is 0 Å². The monoisotopic (exact) mass is 1100 g/mol. The Labute approximate surface area is 470 Å². The van der Waals surface area contributed by atoms with E-state index in [1.807, 2.05) is 63.2 Å². The van der Waals surface area contributed by atoms with Gasteiger partial charge in [-0.1, -0.05) is 75.4 Å². The molecule has 5 aliphatic rings. The summed E-state index contributed by atoms with van der Waals surface area (Å²) in [4.78, 5) is 94.1. The second kappa shape index (κ2) is 24.7. The molecule has 2 fully saturated rings. The standard InChI is InChI=1S/C62H81FN10O7/c1-38-32-71(48(30-65-38)34-70-24-25-80-36-39(70)2)35-55(75)73-37-62(7,50-23-18-42(27-52(50)73)26-41-16-20-46(63)21-17-41)60(79)66-31-54(74)67-47-22-19-44-29-53(58(77)68-51-15-11-13-43-12-9-10-14-49(43)51)72(33-45(44)28-47)59(78)56(61(4,5)6)69-57(76)40(3)64-8/h9-10,12,14,16-23,27-28,38-40,48,51,53,56,64-65H,11,13,15,24-26,29-37H2,1-8H3,(H,66,79)(H,67,74)(H,68,77)(H,69,76)/t38-,39-,40+,48-,51-,53+,56-,62?/m1/s1. The van der Waals surface area contributed by atoms with E-state index >= 15 is 0 Å². The molecule has 9 rings (SSSR count). The fourth-order valence-corrected chi connectivity index (χ4v) is 12.2. The average molecular weight is 1100 g/mol. The topological polar surface area (TPSA) is 197 Å². The van der Waals surface area contributed by atoms with Crippen LogP contribution < -0.4 is 36.8 Å². The van der Waals surface area contributed by atoms with Crippen LogP contribution in [0.4, 0.5) is 15.8 Å². The lowest BCUT2D eigenvalue weighted by atomic mass is 9.83. The van der Waals surface area contributed by atoms with E-state index in [9.17, 15) is 33.2 Å². The molecule has 0 bridgehead atoms. The van der Waals surface area contributed by atoms with Crippen LogP contribution in [-0.4, -0.2) is 152 Å². The summed E-state index contributed by atoms with van der Waals surface area (Å²) < 4.78 is 19.6. The van der Waals surface area contributed by atoms with Gasteiger partial charge >= 0.3 is 0 Å². The van der Waals surface area contributed by atoms with Crippen LogP contribution in [0.2, 0.25) is 0 Å². The number of fused-ring (bicyclic) bond motifs is 3. The van der Waals surface area contributed by atoms with Gasteiger partial charge in [0.2, 0.25) is 35.4 Å². The van der Waals surface area contributed by atoms with Gasteiger partial charge in [-0.05, 0) is 135 Å². The zero-order valence-electron chi connectivity index (χ0n) is 47.8. The highest BCUT2D eigenvalue weighted by atomic mass is 19.1. The van der Waals surface area contributed by atoms with Crippen molar-refractivity contribution in [2.24, 2.45) is 5.41 Å². The number of benzene rings is 4. The van der Waals surface area contributed by atoms with Crippen molar-refractivity contribution >= 4 is 46.8 Å². The van der Waals surface area contributed by atoms with E-state index in [4.69, 9.17) is 4.74 Å². The Kier molecular flexibility index (Phi) is 17.9. The molecule has 0 aromatic heterocycles. The SMILES string of the molecule is CN[C@@H](C)C(=O)N[C@H](C(=O)N1Cc2cc(NC(=O)CNC(=O)C3(C)CN(C(=O)CN4C[C@@H](C)NC[C@@H]4CN4CCOC[C@H]4C)c4cc(Cc5ccc(F)cc5)ccc43)ccc2C[C@H]1C(=O)N[C@@H]1CCCc2ccccc21)C(C)(C)C. The Morgan fingerprint density at radius 2 is 1.68 bits per heavy atom. The van der Waals surface area contributed by atoms with Gasteiger partial charge in [0.25, 0.3) is 0 Å². The van der Waals surface area contributed by atoms with Gasteiger partial charge in [0.05, 0.1) is 43.8 Å². The number of morpholine rings is 1. The maximum Gasteiger partial charge on any atom is 0.246 e. The van der Waals surface area contributed by atoms with Crippen LogP contribution in [0.1, 0.15) is 106 Å². The number of nitrogens with zero attached hydrogens (tertiary/aromatic N) is 4. The predicted molar refractivity (Wildman–Crippen MR) is 306 cm³/mol. The molecule has 80 heavy (non-hydrogen) atoms. The van der Waals surface area contributed by atoms with Crippen molar-refractivity contribution in [3.8, 4) is 0 Å². The predicted octanol–water partition coefficient (Wildman–Crippen LogP) is 4.74. The third kappa shape index (κ3) is 13.1. The molecule has 18 heteroatoms. The molecule has 4 aromatic rings. The number of likely N-dealkylation sites (N-methyl/N-ethyl adjacent to an activating group) is 1. The van der Waals surface area contributed by atoms with Gasteiger partial charge < -0.3 is 46.4 Å². The average Bonchev–Trinajstić information content (AvgIpc) is 3.76. The molecule has 428 valence electrons. The third-order valence-corrected chi connectivity index (χ3v) is 17.1. The lowest BCUT2D eigenvalue weighted by Gasteiger charge is -2.43. The second-order valence-corrected chi connectivity index (χ2v) is 24.1. The minimum atomic E-state index is -1.22. The first-order valence-corrected chi connectivity index (χ1v) is 28.5. The number of hydrogen-bond donors (Lipinski definition) is 6. The van der Waals surface area contributed by atoms with Gasteiger partial charge in [-0.25, -0.2) is 4.39 Å². The largest absolute Gasteiger partial charge is 0.379 e. The van der Waals surface area contributed by atoms with Crippen molar-refractivity contribution < 1.29 is 37.9 Å². The minimum Gasteiger partial charge on any atom is -0.379 e. The Bertz CT molecular complexity index is 2950. The summed E-state index contributed by atoms with van der Waals surface area (Å²) in [6, 6.07) is 23.5. The highest BCUT2D eigenvalue weighted by Crippen LogP contribution is 2.42. The third-order valence-electron chi connectivity index (χ3n) is 17.1. The number of carbonyl (C=O) groups excluding carboxylic acids is 6. The number of rotatable bonds is 16. The molecule has 6 amide bonds. The van der Waals surface area contributed by atoms with E-state index in [1.165, 1.54) is 17.7 Å². The zero-order valence-corrected chi connectivity index (χ0v) is 47.8. The van der Waals surface area contributed by atoms with Gasteiger partial charge in [0.1, 0.15) is 17.9 Å². The van der Waals surface area contributed by atoms with E-state index in [0.29, 0.717) is 43.1 Å². The van der Waals surface area contributed by atoms with Crippen LogP contribution in [0.15, 0.2) is 84.9 Å². The smallest absolute Gasteiger partial charge is 0.246 e. The highest BCUT2D eigenvalue weighted by Gasteiger charge is 2.48. The summed E-state index contributed by atoms with van der Waals surface area (Å²) in [6.07, 6.45) is 3.31. The number of halogens is 1. The van der Waals surface area contributed by atoms with Crippen molar-refractivity contribution in [3.63, 3.8) is 0 Å². The van der Waals surface area contributed by atoms with Crippen LogP contribution >= 0.6 is 0 Å². The summed E-state index contributed by atoms with van der Waals surface area (Å²) in [7, 11) is 1.67. The van der Waals surface area contributed by atoms with Gasteiger partial charge in [-0.15, -0.1) is 0 Å². The lowest BCUT2D eigenvalue weighted by Crippen LogP contribution is -2.62. The van der Waals surface area contributed by atoms with E-state index in [-0.39, 0.29) is 80.3 Å². The van der Waals surface area contributed by atoms with E-state index in [0.717, 1.165) is 66.7 Å². The van der Waals surface area contributed by atoms with Gasteiger partial charge in [0, 0.05) is 75.2 Å². The Morgan fingerprint density at radius 1 is 0.912 bits per heavy atom. The molecule has 4 heterocycles. The van der Waals surface area contributed by atoms with Crippen molar-refractivity contribution in [2.45, 2.75) is 135 Å². The highest BCUT2D eigenvalue weighted by molar-refractivity contribution is 6.04. The molecule has 6 N–H and O–H groups in total. The van der Waals surface area contributed by atoms with Gasteiger partial charge in [-0.2, -0.15) is 0 Å². The number of aryl methyl sites for hydroxylation is 1. The maximum absolute atomic E-state index is 14.9. The number of anilines is 2. The van der Waals surface area contributed by atoms with E-state index < -0.39 is 46.7 Å². The van der Waals surface area contributed by atoms with Crippen LogP contribution in [0, 0.1) is 11.2 Å². The Morgan fingerprint density at radius 3 is 2.42 bits per heavy atom. The van der Waals surface area contributed by atoms with Crippen LogP contribution in [0.25, 0.3) is 0 Å². The quantitative estimate of drug-likeness (QED) is 0.0907. The number of piperazine rings is 1. The summed E-state index contributed by atoms with van der Waals surface area (Å²) in [5, 5.41) is 18.6. The number of carbonyl (C=O) groups is 6. The number of nitrogens with one attached hydrogen (secondary N) is 6. The number of amides is 6. The molecule has 0 saturated carbocycles. The summed E-state index contributed by atoms with van der Waals surface area (Å²) >= 11 is 0. The van der Waals surface area contributed by atoms with E-state index in [2.05, 4.69) is 61.6 Å². The molecule has 0 spiro atoms. The number of ether oxygens (including phenoxy) is 1. The van der Waals surface area contributed by atoms with Crippen molar-refractivity contribution in [3.05, 3.63) is 130 Å². The molecule has 0 radical (unpaired) electrons. The summed E-state index contributed by atoms with van der Waals surface area (Å²) in [6.45, 7) is 17.7. The van der Waals surface area contributed by atoms with Crippen LogP contribution in [-0.2, 0) is 64.7 Å². The second-order valence-electron chi connectivity index (χ2n) is 24.1. The van der Waals surface area contributed by atoms with Crippen LogP contribution in [0.3, 0.4) is 0 Å². The first-order chi connectivity index (χ1) is 38.2. The molecule has 4 aliphatic heterocycles. The molecule has 2 saturated heterocycles. The molecule has 1 unspecified atom stereocenters. The molecule has 1 aliphatic carbocycles. The molecule has 17 nitrogen and oxygen atoms in total. The van der Waals surface area contributed by atoms with E-state index in [1.54, 1.807) is 55.0 Å². The Hall–Kier alpha value is -6.57. The fourth-order valence-electron chi connectivity index (χ4n) is 12.2. The zero-order chi connectivity index (χ0) is 57.0. The molecule has 8 atom stereocenters. The summed E-state index contributed by atoms with van der Waals surface area (Å²) in [5.41, 5.74) is 5.41. The Balaban J connectivity index is 0.915. The van der Waals surface area contributed by atoms with Crippen LogP contribution in [0.5, 0.6) is 0 Å². The first-order valence-electron chi connectivity index (χ1n) is 28.5. The first kappa shape index (κ1) is 58.1. The van der Waals surface area contributed by atoms with Gasteiger partial charge in [-0.3, -0.25) is 38.6 Å². The van der Waals surface area contributed by atoms with Crippen molar-refractivity contribution in [1.82, 2.24) is 41.3 Å². The minimum absolute atomic E-state index is 0.0397. The fraction of sp³-hybridized carbons (Fsp3) is 0.516. The molecular formula is C62H81FN10O7. The molecular weight excluding hydrogens is 1020 g/mol. The lowest BCUT2D eigenvalue weighted by molar-refractivity contribution is -0.147. The normalized spacial score (nSPS) is 23.9. The number of hydrogen-bond acceptors (Lipinski definition) is 11. The van der Waals surface area contributed by atoms with Crippen molar-refractivity contribution in [2.75, 3.05) is 76.3 Å².